The number of ether oxygens (including phenoxy) is 1. The largest absolute Gasteiger partial charge is 0.573 e. The Kier molecular flexibility index (Phi) is 8.72. The van der Waals surface area contributed by atoms with Crippen LogP contribution in [-0.4, -0.2) is 41.8 Å². The second kappa shape index (κ2) is 12.0. The SMILES string of the molecule is FC(F)(F)Oc1ccc(C2CCN(CC3CC(c4ccc(C(F)(F)F)cc4)N3Cc3ccccc3C(F)(F)F)CC2)cc1. The van der Waals surface area contributed by atoms with E-state index in [1.807, 2.05) is 4.90 Å². The summed E-state index contributed by atoms with van der Waals surface area (Å²) in [6, 6.07) is 15.5. The normalized spacial score (nSPS) is 21.0. The van der Waals surface area contributed by atoms with Gasteiger partial charge in [-0.05, 0) is 85.3 Å². The van der Waals surface area contributed by atoms with Gasteiger partial charge in [-0.25, -0.2) is 0 Å². The van der Waals surface area contributed by atoms with Crippen molar-refractivity contribution in [2.24, 2.45) is 0 Å². The number of piperidine rings is 1. The molecule has 0 aliphatic carbocycles. The Morgan fingerprint density at radius 2 is 1.30 bits per heavy atom. The highest BCUT2D eigenvalue weighted by molar-refractivity contribution is 5.33. The summed E-state index contributed by atoms with van der Waals surface area (Å²) in [7, 11) is 0. The van der Waals surface area contributed by atoms with Crippen molar-refractivity contribution in [2.45, 2.75) is 62.5 Å². The van der Waals surface area contributed by atoms with Crippen LogP contribution in [0, 0.1) is 0 Å². The van der Waals surface area contributed by atoms with Gasteiger partial charge in [0.2, 0.25) is 0 Å². The van der Waals surface area contributed by atoms with E-state index in [-0.39, 0.29) is 35.9 Å². The Morgan fingerprint density at radius 1 is 0.698 bits per heavy atom. The van der Waals surface area contributed by atoms with E-state index < -0.39 is 29.8 Å². The maximum absolute atomic E-state index is 13.7. The van der Waals surface area contributed by atoms with Crippen molar-refractivity contribution in [1.29, 1.82) is 0 Å². The van der Waals surface area contributed by atoms with Gasteiger partial charge in [0, 0.05) is 25.2 Å². The molecule has 232 valence electrons. The van der Waals surface area contributed by atoms with Gasteiger partial charge < -0.3 is 9.64 Å². The number of halogens is 9. The molecule has 0 spiro atoms. The summed E-state index contributed by atoms with van der Waals surface area (Å²) in [5.41, 5.74) is 0.106. The van der Waals surface area contributed by atoms with Gasteiger partial charge in [0.15, 0.2) is 0 Å². The van der Waals surface area contributed by atoms with Crippen molar-refractivity contribution >= 4 is 0 Å². The lowest BCUT2D eigenvalue weighted by Gasteiger charge is -2.51. The van der Waals surface area contributed by atoms with Crippen LogP contribution in [0.25, 0.3) is 0 Å². The number of hydrogen-bond donors (Lipinski definition) is 0. The van der Waals surface area contributed by atoms with Gasteiger partial charge in [-0.3, -0.25) is 4.90 Å². The molecule has 2 saturated heterocycles. The lowest BCUT2D eigenvalue weighted by atomic mass is 9.84. The van der Waals surface area contributed by atoms with Gasteiger partial charge in [-0.15, -0.1) is 13.2 Å². The molecule has 12 heteroatoms. The summed E-state index contributed by atoms with van der Waals surface area (Å²) >= 11 is 0. The van der Waals surface area contributed by atoms with Gasteiger partial charge in [0.1, 0.15) is 5.75 Å². The zero-order valence-electron chi connectivity index (χ0n) is 22.8. The van der Waals surface area contributed by atoms with E-state index in [9.17, 15) is 39.5 Å². The summed E-state index contributed by atoms with van der Waals surface area (Å²) < 4.78 is 122. The molecule has 3 nitrogen and oxygen atoms in total. The van der Waals surface area contributed by atoms with Crippen LogP contribution in [0.5, 0.6) is 5.75 Å². The van der Waals surface area contributed by atoms with Crippen LogP contribution < -0.4 is 4.74 Å². The average Bonchev–Trinajstić information content (AvgIpc) is 2.93. The van der Waals surface area contributed by atoms with E-state index >= 15 is 0 Å². The lowest BCUT2D eigenvalue weighted by Crippen LogP contribution is -2.55. The van der Waals surface area contributed by atoms with Crippen molar-refractivity contribution in [3.8, 4) is 5.75 Å². The zero-order chi connectivity index (χ0) is 31.0. The molecule has 0 amide bonds. The molecule has 2 atom stereocenters. The van der Waals surface area contributed by atoms with E-state index in [2.05, 4.69) is 9.64 Å². The van der Waals surface area contributed by atoms with Crippen LogP contribution in [0.2, 0.25) is 0 Å². The molecule has 0 N–H and O–H groups in total. The summed E-state index contributed by atoms with van der Waals surface area (Å²) in [6.45, 7) is 1.96. The third kappa shape index (κ3) is 7.64. The predicted molar refractivity (Wildman–Crippen MR) is 141 cm³/mol. The predicted octanol–water partition coefficient (Wildman–Crippen LogP) is 8.82. The van der Waals surface area contributed by atoms with Gasteiger partial charge in [-0.1, -0.05) is 42.5 Å². The molecular formula is C31H29F9N2O. The van der Waals surface area contributed by atoms with E-state index in [1.54, 1.807) is 18.2 Å². The van der Waals surface area contributed by atoms with Gasteiger partial charge in [0.25, 0.3) is 0 Å². The Bertz CT molecular complexity index is 1360. The van der Waals surface area contributed by atoms with E-state index in [0.717, 1.165) is 36.6 Å². The summed E-state index contributed by atoms with van der Waals surface area (Å²) in [6.07, 6.45) is -11.7. The molecule has 2 aliphatic heterocycles. The third-order valence-electron chi connectivity index (χ3n) is 8.30. The van der Waals surface area contributed by atoms with Crippen LogP contribution >= 0.6 is 0 Å². The topological polar surface area (TPSA) is 15.7 Å². The summed E-state index contributed by atoms with van der Waals surface area (Å²) in [5, 5.41) is 0. The van der Waals surface area contributed by atoms with Gasteiger partial charge in [-0.2, -0.15) is 26.3 Å². The highest BCUT2D eigenvalue weighted by Gasteiger charge is 2.42. The molecule has 3 aromatic rings. The van der Waals surface area contributed by atoms with E-state index in [1.165, 1.54) is 36.4 Å². The first-order chi connectivity index (χ1) is 20.2. The Balaban J connectivity index is 1.26. The third-order valence-corrected chi connectivity index (χ3v) is 8.30. The highest BCUT2D eigenvalue weighted by atomic mass is 19.4. The fraction of sp³-hybridized carbons (Fsp3) is 0.419. The molecule has 0 saturated carbocycles. The molecule has 5 rings (SSSR count). The average molecular weight is 617 g/mol. The molecule has 2 fully saturated rings. The lowest BCUT2D eigenvalue weighted by molar-refractivity contribution is -0.274. The first kappa shape index (κ1) is 31.2. The fourth-order valence-electron chi connectivity index (χ4n) is 6.11. The minimum absolute atomic E-state index is 0.00511. The molecular weight excluding hydrogens is 587 g/mol. The van der Waals surface area contributed by atoms with Gasteiger partial charge >= 0.3 is 18.7 Å². The van der Waals surface area contributed by atoms with Crippen LogP contribution in [0.1, 0.15) is 59.0 Å². The van der Waals surface area contributed by atoms with Crippen molar-refractivity contribution in [3.05, 3.63) is 101 Å². The summed E-state index contributed by atoms with van der Waals surface area (Å²) in [4.78, 5) is 4.15. The van der Waals surface area contributed by atoms with Crippen LogP contribution in [-0.2, 0) is 18.9 Å². The number of alkyl halides is 9. The van der Waals surface area contributed by atoms with E-state index in [0.29, 0.717) is 31.6 Å². The van der Waals surface area contributed by atoms with E-state index in [4.69, 9.17) is 0 Å². The minimum Gasteiger partial charge on any atom is -0.406 e. The first-order valence-electron chi connectivity index (χ1n) is 13.8. The smallest absolute Gasteiger partial charge is 0.406 e. The molecule has 0 radical (unpaired) electrons. The Morgan fingerprint density at radius 3 is 1.88 bits per heavy atom. The number of benzene rings is 3. The fourth-order valence-corrected chi connectivity index (χ4v) is 6.11. The standard InChI is InChI=1S/C31H29F9N2O/c32-29(33,34)24-9-5-22(6-10-24)28-17-25(42(28)18-23-3-1-2-4-27(23)30(35,36)37)19-41-15-13-21(14-16-41)20-7-11-26(12-8-20)43-31(38,39)40/h1-12,21,25,28H,13-19H2. The molecule has 2 unspecified atom stereocenters. The molecule has 3 aromatic carbocycles. The molecule has 0 bridgehead atoms. The second-order valence-corrected chi connectivity index (χ2v) is 11.0. The molecule has 2 aliphatic rings. The van der Waals surface area contributed by atoms with Crippen LogP contribution in [0.15, 0.2) is 72.8 Å². The number of nitrogens with zero attached hydrogens (tertiary/aromatic N) is 2. The molecule has 2 heterocycles. The maximum atomic E-state index is 13.7. The number of likely N-dealkylation sites (tertiary alicyclic amines) is 2. The number of hydrogen-bond acceptors (Lipinski definition) is 3. The molecule has 43 heavy (non-hydrogen) atoms. The molecule has 0 aromatic heterocycles. The minimum atomic E-state index is -4.76. The van der Waals surface area contributed by atoms with Crippen molar-refractivity contribution in [2.75, 3.05) is 19.6 Å². The quantitative estimate of drug-likeness (QED) is 0.247. The Hall–Kier alpha value is -3.25. The van der Waals surface area contributed by atoms with Gasteiger partial charge in [0.05, 0.1) is 11.1 Å². The summed E-state index contributed by atoms with van der Waals surface area (Å²) in [5.74, 6) is -0.138. The van der Waals surface area contributed by atoms with Crippen LogP contribution in [0.3, 0.4) is 0 Å². The van der Waals surface area contributed by atoms with Crippen molar-refractivity contribution in [1.82, 2.24) is 9.80 Å². The van der Waals surface area contributed by atoms with Crippen molar-refractivity contribution < 1.29 is 44.3 Å². The monoisotopic (exact) mass is 616 g/mol. The highest BCUT2D eigenvalue weighted by Crippen LogP contribution is 2.43. The second-order valence-electron chi connectivity index (χ2n) is 11.0. The number of rotatable bonds is 7. The zero-order valence-corrected chi connectivity index (χ0v) is 22.8. The first-order valence-corrected chi connectivity index (χ1v) is 13.8. The van der Waals surface area contributed by atoms with Crippen LogP contribution in [0.4, 0.5) is 39.5 Å². The maximum Gasteiger partial charge on any atom is 0.573 e. The van der Waals surface area contributed by atoms with Crippen molar-refractivity contribution in [3.63, 3.8) is 0 Å². The Labute approximate surface area is 242 Å².